The van der Waals surface area contributed by atoms with Crippen molar-refractivity contribution in [3.05, 3.63) is 77.6 Å². The van der Waals surface area contributed by atoms with Gasteiger partial charge in [0.2, 0.25) is 15.9 Å². The number of aryl methyl sites for hydroxylation is 1. The summed E-state index contributed by atoms with van der Waals surface area (Å²) < 4.78 is 27.1. The number of rotatable bonds is 5. The minimum absolute atomic E-state index is 0.151. The van der Waals surface area contributed by atoms with Crippen LogP contribution in [0.25, 0.3) is 5.69 Å². The zero-order valence-corrected chi connectivity index (χ0v) is 18.3. The largest absolute Gasteiger partial charge is 0.284 e. The zero-order valence-electron chi connectivity index (χ0n) is 17.5. The van der Waals surface area contributed by atoms with Gasteiger partial charge in [-0.1, -0.05) is 30.3 Å². The summed E-state index contributed by atoms with van der Waals surface area (Å²) in [5, 5.41) is 10.7. The molecule has 1 aliphatic heterocycles. The Morgan fingerprint density at radius 3 is 2.39 bits per heavy atom. The van der Waals surface area contributed by atoms with Gasteiger partial charge in [-0.15, -0.1) is 0 Å². The van der Waals surface area contributed by atoms with Crippen molar-refractivity contribution in [2.75, 3.05) is 11.0 Å². The number of anilines is 1. The van der Waals surface area contributed by atoms with Gasteiger partial charge in [0.25, 0.3) is 0 Å². The summed E-state index contributed by atoms with van der Waals surface area (Å²) >= 11 is 0. The molecule has 0 aliphatic carbocycles. The van der Waals surface area contributed by atoms with Crippen molar-refractivity contribution in [1.82, 2.24) is 14.8 Å². The van der Waals surface area contributed by atoms with Crippen molar-refractivity contribution in [1.29, 1.82) is 0 Å². The van der Waals surface area contributed by atoms with E-state index in [0.717, 1.165) is 34.5 Å². The summed E-state index contributed by atoms with van der Waals surface area (Å²) in [5.41, 5.74) is 4.79. The average molecular weight is 438 g/mol. The number of carbonyl (C=O) groups excluding carboxylic acids is 1. The van der Waals surface area contributed by atoms with E-state index >= 15 is 0 Å². The quantitative estimate of drug-likeness (QED) is 0.663. The van der Waals surface area contributed by atoms with Gasteiger partial charge in [-0.2, -0.15) is 10.2 Å². The molecule has 1 atom stereocenters. The Morgan fingerprint density at radius 2 is 1.77 bits per heavy atom. The van der Waals surface area contributed by atoms with E-state index in [0.29, 0.717) is 12.1 Å². The van der Waals surface area contributed by atoms with Crippen molar-refractivity contribution in [2.45, 2.75) is 26.3 Å². The first-order chi connectivity index (χ1) is 14.7. The second-order valence-electron chi connectivity index (χ2n) is 7.53. The summed E-state index contributed by atoms with van der Waals surface area (Å²) in [4.78, 5) is 12.3. The first-order valence-corrected chi connectivity index (χ1v) is 11.7. The highest BCUT2D eigenvalue weighted by Crippen LogP contribution is 2.34. The molecule has 0 saturated carbocycles. The van der Waals surface area contributed by atoms with E-state index in [4.69, 9.17) is 0 Å². The fourth-order valence-electron chi connectivity index (χ4n) is 3.68. The molecule has 1 aliphatic rings. The van der Waals surface area contributed by atoms with Crippen molar-refractivity contribution >= 4 is 27.3 Å². The van der Waals surface area contributed by atoms with E-state index < -0.39 is 10.0 Å². The molecular formula is C22H23N5O3S. The number of nitrogens with one attached hydrogen (secondary N) is 1. The Kier molecular flexibility index (Phi) is 5.36. The van der Waals surface area contributed by atoms with Crippen LogP contribution >= 0.6 is 0 Å². The van der Waals surface area contributed by atoms with Gasteiger partial charge in [0.15, 0.2) is 0 Å². The molecule has 2 heterocycles. The van der Waals surface area contributed by atoms with E-state index in [1.54, 1.807) is 24.3 Å². The predicted octanol–water partition coefficient (Wildman–Crippen LogP) is 3.25. The van der Waals surface area contributed by atoms with Gasteiger partial charge in [-0.05, 0) is 36.8 Å². The van der Waals surface area contributed by atoms with Crippen LogP contribution in [0, 0.1) is 6.92 Å². The maximum absolute atomic E-state index is 12.3. The van der Waals surface area contributed by atoms with Gasteiger partial charge in [-0.3, -0.25) is 9.52 Å². The number of benzene rings is 2. The number of nitrogens with zero attached hydrogens (tertiary/aromatic N) is 4. The fraction of sp³-hybridized carbons (Fsp3) is 0.227. The second-order valence-corrected chi connectivity index (χ2v) is 9.28. The Hall–Kier alpha value is -3.46. The first kappa shape index (κ1) is 20.8. The standard InChI is InChI=1S/C22H23N5O3S/c1-15-20(14-26(23-15)19-7-5-4-6-8-19)22-13-21(24-27(22)16(2)28)17-9-11-18(12-10-17)25-31(3,29)30/h4-12,14,22,25H,13H2,1-3H3. The molecule has 4 rings (SSSR count). The van der Waals surface area contributed by atoms with Crippen LogP contribution in [0.15, 0.2) is 65.9 Å². The van der Waals surface area contributed by atoms with E-state index in [2.05, 4.69) is 14.9 Å². The lowest BCUT2D eigenvalue weighted by molar-refractivity contribution is -0.130. The molecule has 160 valence electrons. The Balaban J connectivity index is 1.62. The number of sulfonamides is 1. The highest BCUT2D eigenvalue weighted by molar-refractivity contribution is 7.92. The number of hydrazone groups is 1. The van der Waals surface area contributed by atoms with Crippen LogP contribution in [0.5, 0.6) is 0 Å². The van der Waals surface area contributed by atoms with Crippen LogP contribution < -0.4 is 4.72 Å². The molecule has 0 bridgehead atoms. The smallest absolute Gasteiger partial charge is 0.240 e. The Bertz CT molecular complexity index is 1250. The maximum atomic E-state index is 12.3. The van der Waals surface area contributed by atoms with Gasteiger partial charge in [-0.25, -0.2) is 18.1 Å². The fourth-order valence-corrected chi connectivity index (χ4v) is 4.24. The minimum atomic E-state index is -3.34. The van der Waals surface area contributed by atoms with Gasteiger partial charge in [0.1, 0.15) is 0 Å². The molecule has 3 aromatic rings. The van der Waals surface area contributed by atoms with Crippen molar-refractivity contribution < 1.29 is 13.2 Å². The molecule has 0 spiro atoms. The molecule has 2 aromatic carbocycles. The molecule has 8 nitrogen and oxygen atoms in total. The lowest BCUT2D eigenvalue weighted by Gasteiger charge is -2.19. The lowest BCUT2D eigenvalue weighted by atomic mass is 9.99. The molecule has 1 N–H and O–H groups in total. The van der Waals surface area contributed by atoms with Crippen LogP contribution in [-0.4, -0.2) is 41.1 Å². The molecule has 0 fully saturated rings. The lowest BCUT2D eigenvalue weighted by Crippen LogP contribution is -2.24. The van der Waals surface area contributed by atoms with Crippen molar-refractivity contribution in [2.24, 2.45) is 5.10 Å². The normalized spacial score (nSPS) is 16.3. The molecule has 0 radical (unpaired) electrons. The third kappa shape index (κ3) is 4.51. The predicted molar refractivity (Wildman–Crippen MR) is 120 cm³/mol. The second kappa shape index (κ2) is 7.99. The Morgan fingerprint density at radius 1 is 1.10 bits per heavy atom. The third-order valence-electron chi connectivity index (χ3n) is 5.07. The number of para-hydroxylation sites is 1. The number of carbonyl (C=O) groups is 1. The molecule has 9 heteroatoms. The molecular weight excluding hydrogens is 414 g/mol. The number of amides is 1. The average Bonchev–Trinajstić information content (AvgIpc) is 3.32. The monoisotopic (exact) mass is 437 g/mol. The zero-order chi connectivity index (χ0) is 22.2. The number of hydrogen-bond acceptors (Lipinski definition) is 5. The molecule has 1 unspecified atom stereocenters. The highest BCUT2D eigenvalue weighted by atomic mass is 32.2. The molecule has 31 heavy (non-hydrogen) atoms. The van der Waals surface area contributed by atoms with Crippen LogP contribution in [0.2, 0.25) is 0 Å². The third-order valence-corrected chi connectivity index (χ3v) is 5.68. The first-order valence-electron chi connectivity index (χ1n) is 9.78. The van der Waals surface area contributed by atoms with Crippen LogP contribution in [0.3, 0.4) is 0 Å². The maximum Gasteiger partial charge on any atom is 0.240 e. The minimum Gasteiger partial charge on any atom is -0.284 e. The van der Waals surface area contributed by atoms with Gasteiger partial charge in [0.05, 0.1) is 29.4 Å². The summed E-state index contributed by atoms with van der Waals surface area (Å²) in [6, 6.07) is 16.5. The van der Waals surface area contributed by atoms with Gasteiger partial charge < -0.3 is 0 Å². The number of aromatic nitrogens is 2. The number of hydrogen-bond donors (Lipinski definition) is 1. The summed E-state index contributed by atoms with van der Waals surface area (Å²) in [6.45, 7) is 3.42. The topological polar surface area (TPSA) is 96.7 Å². The summed E-state index contributed by atoms with van der Waals surface area (Å²) in [7, 11) is -3.34. The van der Waals surface area contributed by atoms with Crippen molar-refractivity contribution in [3.8, 4) is 5.69 Å². The van der Waals surface area contributed by atoms with Crippen LogP contribution in [0.1, 0.15) is 36.2 Å². The van der Waals surface area contributed by atoms with Crippen molar-refractivity contribution in [3.63, 3.8) is 0 Å². The van der Waals surface area contributed by atoms with Gasteiger partial charge >= 0.3 is 0 Å². The molecule has 0 saturated heterocycles. The highest BCUT2D eigenvalue weighted by Gasteiger charge is 2.33. The van der Waals surface area contributed by atoms with Crippen LogP contribution in [0.4, 0.5) is 5.69 Å². The molecule has 1 amide bonds. The van der Waals surface area contributed by atoms with E-state index in [-0.39, 0.29) is 11.9 Å². The van der Waals surface area contributed by atoms with E-state index in [1.165, 1.54) is 11.9 Å². The van der Waals surface area contributed by atoms with E-state index in [1.807, 2.05) is 48.1 Å². The Labute approximate surface area is 181 Å². The molecule has 1 aromatic heterocycles. The van der Waals surface area contributed by atoms with Gasteiger partial charge in [0, 0.05) is 30.8 Å². The summed E-state index contributed by atoms with van der Waals surface area (Å²) in [5.74, 6) is -0.151. The van der Waals surface area contributed by atoms with Crippen LogP contribution in [-0.2, 0) is 14.8 Å². The SMILES string of the molecule is CC(=O)N1N=C(c2ccc(NS(C)(=O)=O)cc2)CC1c1cn(-c2ccccc2)nc1C. The van der Waals surface area contributed by atoms with E-state index in [9.17, 15) is 13.2 Å². The summed E-state index contributed by atoms with van der Waals surface area (Å²) in [6.07, 6.45) is 3.60.